The average Bonchev–Trinajstić information content (AvgIpc) is 3.11. The zero-order valence-corrected chi connectivity index (χ0v) is 12.9. The number of carbonyl (C=O) groups excluding carboxylic acids is 1. The number of hydrogen-bond donors (Lipinski definition) is 1. The molecule has 0 bridgehead atoms. The van der Waals surface area contributed by atoms with Crippen molar-refractivity contribution in [3.63, 3.8) is 0 Å². The molecule has 3 heteroatoms. The molecule has 0 radical (unpaired) electrons. The lowest BCUT2D eigenvalue weighted by Crippen LogP contribution is -2.28. The molecule has 22 heavy (non-hydrogen) atoms. The molecule has 1 heterocycles. The van der Waals surface area contributed by atoms with Crippen molar-refractivity contribution in [3.8, 4) is 0 Å². The van der Waals surface area contributed by atoms with Gasteiger partial charge in [0.2, 0.25) is 0 Å². The zero-order valence-electron chi connectivity index (χ0n) is 12.1. The fourth-order valence-electron chi connectivity index (χ4n) is 2.49. The highest BCUT2D eigenvalue weighted by Gasteiger charge is 2.15. The molecule has 0 saturated carbocycles. The first kappa shape index (κ1) is 14.5. The molecule has 1 aromatic heterocycles. The van der Waals surface area contributed by atoms with Crippen LogP contribution in [0.4, 0.5) is 0 Å². The van der Waals surface area contributed by atoms with E-state index in [4.69, 9.17) is 0 Å². The lowest BCUT2D eigenvalue weighted by Gasteiger charge is -2.18. The molecular weight excluding hydrogens is 290 g/mol. The summed E-state index contributed by atoms with van der Waals surface area (Å²) < 4.78 is 0. The molecule has 3 aromatic rings. The Morgan fingerprint density at radius 1 is 0.864 bits per heavy atom. The molecule has 110 valence electrons. The Hall–Kier alpha value is -2.39. The number of thiophene rings is 1. The van der Waals surface area contributed by atoms with Gasteiger partial charge in [0, 0.05) is 12.5 Å². The minimum atomic E-state index is -0.00753. The molecule has 2 nitrogen and oxygen atoms in total. The van der Waals surface area contributed by atoms with Crippen LogP contribution in [0.2, 0.25) is 0 Å². The largest absolute Gasteiger partial charge is 0.350 e. The molecule has 0 unspecified atom stereocenters. The summed E-state index contributed by atoms with van der Waals surface area (Å²) in [4.78, 5) is 12.9. The van der Waals surface area contributed by atoms with Crippen molar-refractivity contribution in [1.29, 1.82) is 0 Å². The van der Waals surface area contributed by atoms with Crippen LogP contribution in [-0.2, 0) is 0 Å². The highest BCUT2D eigenvalue weighted by molar-refractivity contribution is 7.12. The standard InChI is InChI=1S/C19H17NOS/c21-19(18-12-7-13-22-18)20-14-17(15-8-3-1-4-9-15)16-10-5-2-6-11-16/h1-13,17H,14H2,(H,20,21). The number of hydrogen-bond acceptors (Lipinski definition) is 2. The van der Waals surface area contributed by atoms with Crippen LogP contribution in [0.25, 0.3) is 0 Å². The molecule has 0 aliphatic heterocycles. The number of carbonyl (C=O) groups is 1. The Morgan fingerprint density at radius 3 is 1.95 bits per heavy atom. The van der Waals surface area contributed by atoms with Gasteiger partial charge in [-0.25, -0.2) is 0 Å². The Morgan fingerprint density at radius 2 is 1.45 bits per heavy atom. The van der Waals surface area contributed by atoms with Gasteiger partial charge in [-0.15, -0.1) is 11.3 Å². The first-order valence-electron chi connectivity index (χ1n) is 7.26. The summed E-state index contributed by atoms with van der Waals surface area (Å²) >= 11 is 1.46. The van der Waals surface area contributed by atoms with Gasteiger partial charge in [-0.2, -0.15) is 0 Å². The monoisotopic (exact) mass is 307 g/mol. The number of nitrogens with one attached hydrogen (secondary N) is 1. The zero-order chi connectivity index (χ0) is 15.2. The fraction of sp³-hybridized carbons (Fsp3) is 0.105. The number of rotatable bonds is 5. The van der Waals surface area contributed by atoms with E-state index < -0.39 is 0 Å². The van der Waals surface area contributed by atoms with E-state index in [2.05, 4.69) is 29.6 Å². The van der Waals surface area contributed by atoms with E-state index in [9.17, 15) is 4.79 Å². The van der Waals surface area contributed by atoms with Gasteiger partial charge in [-0.1, -0.05) is 66.7 Å². The predicted molar refractivity (Wildman–Crippen MR) is 91.4 cm³/mol. The van der Waals surface area contributed by atoms with Gasteiger partial charge < -0.3 is 5.32 Å². The van der Waals surface area contributed by atoms with Gasteiger partial charge in [-0.05, 0) is 22.6 Å². The highest BCUT2D eigenvalue weighted by atomic mass is 32.1. The molecule has 1 N–H and O–H groups in total. The van der Waals surface area contributed by atoms with E-state index in [-0.39, 0.29) is 11.8 Å². The van der Waals surface area contributed by atoms with Crippen LogP contribution < -0.4 is 5.32 Å². The van der Waals surface area contributed by atoms with Crippen LogP contribution in [0, 0.1) is 0 Å². The maximum Gasteiger partial charge on any atom is 0.261 e. The van der Waals surface area contributed by atoms with Gasteiger partial charge in [0.25, 0.3) is 5.91 Å². The lowest BCUT2D eigenvalue weighted by atomic mass is 9.91. The van der Waals surface area contributed by atoms with E-state index in [1.165, 1.54) is 22.5 Å². The van der Waals surface area contributed by atoms with Crippen molar-refractivity contribution >= 4 is 17.2 Å². The summed E-state index contributed by atoms with van der Waals surface area (Å²) in [5, 5.41) is 4.97. The van der Waals surface area contributed by atoms with Crippen molar-refractivity contribution in [2.75, 3.05) is 6.54 Å². The first-order valence-corrected chi connectivity index (χ1v) is 8.14. The Balaban J connectivity index is 1.79. The predicted octanol–water partition coefficient (Wildman–Crippen LogP) is 4.31. The smallest absolute Gasteiger partial charge is 0.261 e. The second kappa shape index (κ2) is 7.05. The molecule has 0 fully saturated rings. The third-order valence-electron chi connectivity index (χ3n) is 3.62. The summed E-state index contributed by atoms with van der Waals surface area (Å²) in [6, 6.07) is 24.3. The quantitative estimate of drug-likeness (QED) is 0.747. The maximum atomic E-state index is 12.2. The summed E-state index contributed by atoms with van der Waals surface area (Å²) in [5.41, 5.74) is 2.42. The molecule has 3 rings (SSSR count). The molecule has 0 saturated heterocycles. The van der Waals surface area contributed by atoms with Crippen LogP contribution in [0.15, 0.2) is 78.2 Å². The first-order chi connectivity index (χ1) is 10.8. The molecular formula is C19H17NOS. The van der Waals surface area contributed by atoms with Gasteiger partial charge in [0.15, 0.2) is 0 Å². The summed E-state index contributed by atoms with van der Waals surface area (Å²) in [7, 11) is 0. The number of benzene rings is 2. The van der Waals surface area contributed by atoms with Crippen LogP contribution >= 0.6 is 11.3 Å². The van der Waals surface area contributed by atoms with Gasteiger partial charge in [-0.3, -0.25) is 4.79 Å². The second-order valence-electron chi connectivity index (χ2n) is 5.06. The highest BCUT2D eigenvalue weighted by Crippen LogP contribution is 2.23. The van der Waals surface area contributed by atoms with Crippen molar-refractivity contribution in [2.45, 2.75) is 5.92 Å². The molecule has 1 amide bonds. The molecule has 0 atom stereocenters. The molecule has 0 aliphatic carbocycles. The van der Waals surface area contributed by atoms with Crippen molar-refractivity contribution < 1.29 is 4.79 Å². The van der Waals surface area contributed by atoms with Crippen LogP contribution in [0.1, 0.15) is 26.7 Å². The van der Waals surface area contributed by atoms with Gasteiger partial charge in [0.05, 0.1) is 4.88 Å². The Kier molecular flexibility index (Phi) is 4.66. The maximum absolute atomic E-state index is 12.2. The van der Waals surface area contributed by atoms with Crippen molar-refractivity contribution in [1.82, 2.24) is 5.32 Å². The third kappa shape index (κ3) is 3.43. The molecule has 0 spiro atoms. The topological polar surface area (TPSA) is 29.1 Å². The SMILES string of the molecule is O=C(NCC(c1ccccc1)c1ccccc1)c1cccs1. The molecule has 0 aliphatic rings. The van der Waals surface area contributed by atoms with Gasteiger partial charge in [0.1, 0.15) is 0 Å². The van der Waals surface area contributed by atoms with E-state index in [0.717, 1.165) is 4.88 Å². The Labute approximate surface area is 134 Å². The number of amides is 1. The van der Waals surface area contributed by atoms with E-state index in [1.54, 1.807) is 0 Å². The lowest BCUT2D eigenvalue weighted by molar-refractivity contribution is 0.0956. The van der Waals surface area contributed by atoms with Crippen molar-refractivity contribution in [3.05, 3.63) is 94.2 Å². The summed E-state index contributed by atoms with van der Waals surface area (Å²) in [5.74, 6) is 0.151. The molecule has 2 aromatic carbocycles. The second-order valence-corrected chi connectivity index (χ2v) is 6.01. The van der Waals surface area contributed by atoms with E-state index >= 15 is 0 Å². The minimum absolute atomic E-state index is 0.00753. The van der Waals surface area contributed by atoms with Crippen LogP contribution in [0.5, 0.6) is 0 Å². The normalized spacial score (nSPS) is 10.6. The minimum Gasteiger partial charge on any atom is -0.350 e. The van der Waals surface area contributed by atoms with Crippen molar-refractivity contribution in [2.24, 2.45) is 0 Å². The summed E-state index contributed by atoms with van der Waals surface area (Å²) in [6.45, 7) is 0.588. The third-order valence-corrected chi connectivity index (χ3v) is 4.48. The summed E-state index contributed by atoms with van der Waals surface area (Å²) in [6.07, 6.45) is 0. The fourth-order valence-corrected chi connectivity index (χ4v) is 3.13. The van der Waals surface area contributed by atoms with Crippen LogP contribution in [0.3, 0.4) is 0 Å². The Bertz CT molecular complexity index is 668. The average molecular weight is 307 g/mol. The van der Waals surface area contributed by atoms with E-state index in [1.807, 2.05) is 53.9 Å². The van der Waals surface area contributed by atoms with Gasteiger partial charge >= 0.3 is 0 Å². The van der Waals surface area contributed by atoms with E-state index in [0.29, 0.717) is 6.54 Å². The van der Waals surface area contributed by atoms with Crippen LogP contribution in [-0.4, -0.2) is 12.5 Å².